The summed E-state index contributed by atoms with van der Waals surface area (Å²) in [6, 6.07) is 4.33. The molecule has 0 aliphatic carbocycles. The van der Waals surface area contributed by atoms with Crippen molar-refractivity contribution in [2.24, 2.45) is 0 Å². The van der Waals surface area contributed by atoms with E-state index in [9.17, 15) is 0 Å². The third kappa shape index (κ3) is 3.61. The minimum atomic E-state index is 0.715. The van der Waals surface area contributed by atoms with E-state index in [0.29, 0.717) is 5.25 Å². The number of aromatic nitrogens is 1. The van der Waals surface area contributed by atoms with E-state index >= 15 is 0 Å². The molecule has 1 aliphatic heterocycles. The van der Waals surface area contributed by atoms with E-state index in [1.807, 2.05) is 6.20 Å². The van der Waals surface area contributed by atoms with Crippen LogP contribution in [0.3, 0.4) is 0 Å². The SMILES string of the molecule is CCNCc1ccc(N2CCSC(C)C2)nc1. The van der Waals surface area contributed by atoms with Crippen LogP contribution in [0.2, 0.25) is 0 Å². The second kappa shape index (κ2) is 6.26. The summed E-state index contributed by atoms with van der Waals surface area (Å²) in [4.78, 5) is 6.95. The number of rotatable bonds is 4. The van der Waals surface area contributed by atoms with Crippen LogP contribution in [-0.2, 0) is 6.54 Å². The molecule has 1 fully saturated rings. The maximum Gasteiger partial charge on any atom is 0.128 e. The van der Waals surface area contributed by atoms with Crippen LogP contribution in [0.4, 0.5) is 5.82 Å². The Hall–Kier alpha value is -0.740. The van der Waals surface area contributed by atoms with Gasteiger partial charge in [-0.15, -0.1) is 0 Å². The van der Waals surface area contributed by atoms with Gasteiger partial charge in [-0.3, -0.25) is 0 Å². The Morgan fingerprint density at radius 3 is 3.06 bits per heavy atom. The van der Waals surface area contributed by atoms with Gasteiger partial charge in [0, 0.05) is 36.8 Å². The summed E-state index contributed by atoms with van der Waals surface area (Å²) in [7, 11) is 0. The van der Waals surface area contributed by atoms with Crippen LogP contribution in [0.1, 0.15) is 19.4 Å². The minimum Gasteiger partial charge on any atom is -0.355 e. The lowest BCUT2D eigenvalue weighted by molar-refractivity contribution is 0.722. The van der Waals surface area contributed by atoms with Crippen molar-refractivity contribution in [3.8, 4) is 0 Å². The highest BCUT2D eigenvalue weighted by molar-refractivity contribution is 8.00. The third-order valence-corrected chi connectivity index (χ3v) is 4.09. The summed E-state index contributed by atoms with van der Waals surface area (Å²) in [5.74, 6) is 2.33. The number of pyridine rings is 1. The van der Waals surface area contributed by atoms with Crippen LogP contribution in [0.15, 0.2) is 18.3 Å². The molecule has 2 heterocycles. The molecule has 1 atom stereocenters. The quantitative estimate of drug-likeness (QED) is 0.887. The molecule has 3 nitrogen and oxygen atoms in total. The van der Waals surface area contributed by atoms with E-state index < -0.39 is 0 Å². The van der Waals surface area contributed by atoms with Crippen molar-refractivity contribution in [1.82, 2.24) is 10.3 Å². The first kappa shape index (κ1) is 12.7. The van der Waals surface area contributed by atoms with E-state index in [1.165, 1.54) is 11.3 Å². The first-order valence-corrected chi connectivity index (χ1v) is 7.36. The van der Waals surface area contributed by atoms with Crippen molar-refractivity contribution >= 4 is 17.6 Å². The molecule has 17 heavy (non-hydrogen) atoms. The van der Waals surface area contributed by atoms with Gasteiger partial charge in [0.05, 0.1) is 0 Å². The second-order valence-corrected chi connectivity index (χ2v) is 5.98. The van der Waals surface area contributed by atoms with E-state index in [1.54, 1.807) is 0 Å². The van der Waals surface area contributed by atoms with Gasteiger partial charge in [0.15, 0.2) is 0 Å². The number of hydrogen-bond donors (Lipinski definition) is 1. The fourth-order valence-corrected chi connectivity index (χ4v) is 3.02. The van der Waals surface area contributed by atoms with Gasteiger partial charge in [0.1, 0.15) is 5.82 Å². The lowest BCUT2D eigenvalue weighted by atomic mass is 10.2. The van der Waals surface area contributed by atoms with E-state index in [-0.39, 0.29) is 0 Å². The average Bonchev–Trinajstić information content (AvgIpc) is 2.37. The summed E-state index contributed by atoms with van der Waals surface area (Å²) < 4.78 is 0. The highest BCUT2D eigenvalue weighted by atomic mass is 32.2. The van der Waals surface area contributed by atoms with Crippen LogP contribution in [-0.4, -0.2) is 35.6 Å². The zero-order valence-corrected chi connectivity index (χ0v) is 11.5. The van der Waals surface area contributed by atoms with E-state index in [2.05, 4.69) is 52.9 Å². The lowest BCUT2D eigenvalue weighted by Gasteiger charge is -2.31. The van der Waals surface area contributed by atoms with Crippen molar-refractivity contribution in [3.63, 3.8) is 0 Å². The number of nitrogens with one attached hydrogen (secondary N) is 1. The Bertz CT molecular complexity index is 339. The van der Waals surface area contributed by atoms with E-state index in [0.717, 1.165) is 32.0 Å². The van der Waals surface area contributed by atoms with Gasteiger partial charge in [-0.1, -0.05) is 19.9 Å². The fraction of sp³-hybridized carbons (Fsp3) is 0.615. The van der Waals surface area contributed by atoms with Crippen LogP contribution in [0.5, 0.6) is 0 Å². The van der Waals surface area contributed by atoms with Crippen molar-refractivity contribution in [2.75, 3.05) is 30.3 Å². The molecule has 0 saturated carbocycles. The minimum absolute atomic E-state index is 0.715. The summed E-state index contributed by atoms with van der Waals surface area (Å²) in [6.45, 7) is 8.56. The third-order valence-electron chi connectivity index (χ3n) is 2.95. The Balaban J connectivity index is 1.96. The summed E-state index contributed by atoms with van der Waals surface area (Å²) in [5, 5.41) is 4.03. The first-order valence-electron chi connectivity index (χ1n) is 6.31. The molecular weight excluding hydrogens is 230 g/mol. The lowest BCUT2D eigenvalue weighted by Crippen LogP contribution is -2.37. The molecule has 1 aromatic rings. The molecule has 1 unspecified atom stereocenters. The fourth-order valence-electron chi connectivity index (χ4n) is 2.00. The van der Waals surface area contributed by atoms with Crippen LogP contribution < -0.4 is 10.2 Å². The molecule has 0 amide bonds. The predicted molar refractivity (Wildman–Crippen MR) is 75.8 cm³/mol. The number of thioether (sulfide) groups is 1. The second-order valence-electron chi connectivity index (χ2n) is 4.43. The van der Waals surface area contributed by atoms with Crippen LogP contribution in [0.25, 0.3) is 0 Å². The van der Waals surface area contributed by atoms with Gasteiger partial charge < -0.3 is 10.2 Å². The molecule has 0 radical (unpaired) electrons. The zero-order valence-electron chi connectivity index (χ0n) is 10.6. The Labute approximate surface area is 108 Å². The van der Waals surface area contributed by atoms with Gasteiger partial charge in [0.25, 0.3) is 0 Å². The highest BCUT2D eigenvalue weighted by Gasteiger charge is 2.17. The first-order chi connectivity index (χ1) is 8.29. The summed E-state index contributed by atoms with van der Waals surface area (Å²) in [6.07, 6.45) is 1.99. The van der Waals surface area contributed by atoms with Crippen molar-refractivity contribution in [2.45, 2.75) is 25.6 Å². The molecule has 0 spiro atoms. The smallest absolute Gasteiger partial charge is 0.128 e. The molecule has 0 bridgehead atoms. The van der Waals surface area contributed by atoms with Gasteiger partial charge in [-0.2, -0.15) is 11.8 Å². The Kier molecular flexibility index (Phi) is 4.68. The monoisotopic (exact) mass is 251 g/mol. The molecule has 0 aromatic carbocycles. The van der Waals surface area contributed by atoms with Gasteiger partial charge in [0.2, 0.25) is 0 Å². The topological polar surface area (TPSA) is 28.2 Å². The molecular formula is C13H21N3S. The molecule has 1 aromatic heterocycles. The molecule has 1 aliphatic rings. The van der Waals surface area contributed by atoms with Gasteiger partial charge in [-0.25, -0.2) is 4.98 Å². The molecule has 2 rings (SSSR count). The zero-order chi connectivity index (χ0) is 12.1. The molecule has 1 N–H and O–H groups in total. The molecule has 4 heteroatoms. The number of hydrogen-bond acceptors (Lipinski definition) is 4. The maximum absolute atomic E-state index is 4.57. The van der Waals surface area contributed by atoms with Crippen LogP contribution in [0, 0.1) is 0 Å². The van der Waals surface area contributed by atoms with Crippen molar-refractivity contribution in [1.29, 1.82) is 0 Å². The Morgan fingerprint density at radius 2 is 2.41 bits per heavy atom. The van der Waals surface area contributed by atoms with Crippen LogP contribution >= 0.6 is 11.8 Å². The largest absolute Gasteiger partial charge is 0.355 e. The summed E-state index contributed by atoms with van der Waals surface area (Å²) in [5.41, 5.74) is 1.26. The Morgan fingerprint density at radius 1 is 1.53 bits per heavy atom. The highest BCUT2D eigenvalue weighted by Crippen LogP contribution is 2.22. The van der Waals surface area contributed by atoms with Gasteiger partial charge >= 0.3 is 0 Å². The average molecular weight is 251 g/mol. The normalized spacial score (nSPS) is 20.6. The standard InChI is InChI=1S/C13H21N3S/c1-3-14-8-12-4-5-13(15-9-12)16-6-7-17-11(2)10-16/h4-5,9,11,14H,3,6-8,10H2,1-2H3. The van der Waals surface area contributed by atoms with Gasteiger partial charge in [-0.05, 0) is 18.2 Å². The summed E-state index contributed by atoms with van der Waals surface area (Å²) >= 11 is 2.05. The predicted octanol–water partition coefficient (Wildman–Crippen LogP) is 2.13. The molecule has 1 saturated heterocycles. The van der Waals surface area contributed by atoms with Crippen molar-refractivity contribution in [3.05, 3.63) is 23.9 Å². The molecule has 94 valence electrons. The van der Waals surface area contributed by atoms with E-state index in [4.69, 9.17) is 0 Å². The number of anilines is 1. The van der Waals surface area contributed by atoms with Crippen molar-refractivity contribution < 1.29 is 0 Å². The number of nitrogens with zero attached hydrogens (tertiary/aromatic N) is 2. The maximum atomic E-state index is 4.57.